The summed E-state index contributed by atoms with van der Waals surface area (Å²) < 4.78 is 5.26. The molecule has 1 heterocycles. The molecule has 5 nitrogen and oxygen atoms in total. The summed E-state index contributed by atoms with van der Waals surface area (Å²) >= 11 is 6.07. The van der Waals surface area contributed by atoms with E-state index in [4.69, 9.17) is 27.8 Å². The van der Waals surface area contributed by atoms with E-state index in [0.717, 1.165) is 5.56 Å². The Labute approximate surface area is 141 Å². The largest absolute Gasteiger partial charge is 0.495 e. The van der Waals surface area contributed by atoms with E-state index in [9.17, 15) is 0 Å². The highest BCUT2D eigenvalue weighted by atomic mass is 35.5. The number of nitrogens with two attached hydrogens (primary N) is 2. The van der Waals surface area contributed by atoms with Gasteiger partial charge in [0, 0.05) is 0 Å². The van der Waals surface area contributed by atoms with Crippen LogP contribution in [0.15, 0.2) is 18.2 Å². The second-order valence-electron chi connectivity index (χ2n) is 5.65. The van der Waals surface area contributed by atoms with E-state index in [2.05, 4.69) is 21.8 Å². The predicted octanol–water partition coefficient (Wildman–Crippen LogP) is 2.94. The van der Waals surface area contributed by atoms with E-state index in [1.54, 1.807) is 20.1 Å². The van der Waals surface area contributed by atoms with E-state index in [0.29, 0.717) is 22.0 Å². The Morgan fingerprint density at radius 1 is 1.22 bits per heavy atom. The Bertz CT molecular complexity index is 783. The summed E-state index contributed by atoms with van der Waals surface area (Å²) in [4.78, 5) is 8.04. The maximum absolute atomic E-state index is 6.07. The zero-order chi connectivity index (χ0) is 17.2. The van der Waals surface area contributed by atoms with Crippen LogP contribution >= 0.6 is 11.6 Å². The molecule has 0 amide bonds. The summed E-state index contributed by atoms with van der Waals surface area (Å²) in [7, 11) is 1.58. The van der Waals surface area contributed by atoms with Crippen molar-refractivity contribution < 1.29 is 4.74 Å². The number of anilines is 2. The molecule has 4 N–H and O–H groups in total. The third kappa shape index (κ3) is 3.66. The fourth-order valence-corrected chi connectivity index (χ4v) is 2.31. The first-order valence-electron chi connectivity index (χ1n) is 7.01. The highest BCUT2D eigenvalue weighted by Gasteiger charge is 2.19. The first kappa shape index (κ1) is 16.9. The van der Waals surface area contributed by atoms with E-state index in [1.165, 1.54) is 0 Å². The fraction of sp³-hybridized carbons (Fsp3) is 0.294. The number of benzene rings is 1. The molecule has 6 heteroatoms. The van der Waals surface area contributed by atoms with Crippen LogP contribution in [0.25, 0.3) is 0 Å². The molecule has 1 aromatic carbocycles. The fourth-order valence-electron chi connectivity index (χ4n) is 2.11. The minimum atomic E-state index is -0.432. The van der Waals surface area contributed by atoms with Crippen LogP contribution in [0.1, 0.15) is 30.7 Å². The van der Waals surface area contributed by atoms with Crippen molar-refractivity contribution in [2.24, 2.45) is 0 Å². The van der Waals surface area contributed by atoms with Crippen molar-refractivity contribution in [2.75, 3.05) is 18.6 Å². The van der Waals surface area contributed by atoms with Gasteiger partial charge in [-0.05, 0) is 38.5 Å². The molecule has 0 aliphatic carbocycles. The van der Waals surface area contributed by atoms with Gasteiger partial charge in [0.2, 0.25) is 5.95 Å². The van der Waals surface area contributed by atoms with Gasteiger partial charge in [0.15, 0.2) is 0 Å². The molecule has 0 radical (unpaired) electrons. The van der Waals surface area contributed by atoms with Crippen molar-refractivity contribution in [1.29, 1.82) is 0 Å². The number of halogens is 1. The number of nitrogens with zero attached hydrogens (tertiary/aromatic N) is 2. The summed E-state index contributed by atoms with van der Waals surface area (Å²) in [5.41, 5.74) is 13.3. The lowest BCUT2D eigenvalue weighted by atomic mass is 9.85. The predicted molar refractivity (Wildman–Crippen MR) is 93.5 cm³/mol. The Kier molecular flexibility index (Phi) is 4.67. The van der Waals surface area contributed by atoms with Crippen LogP contribution < -0.4 is 16.2 Å². The van der Waals surface area contributed by atoms with E-state index >= 15 is 0 Å². The topological polar surface area (TPSA) is 87.0 Å². The van der Waals surface area contributed by atoms with Crippen LogP contribution in [0.2, 0.25) is 5.02 Å². The highest BCUT2D eigenvalue weighted by molar-refractivity contribution is 6.32. The lowest BCUT2D eigenvalue weighted by molar-refractivity contribution is 0.413. The minimum absolute atomic E-state index is 0.146. The summed E-state index contributed by atoms with van der Waals surface area (Å²) in [6.45, 7) is 5.81. The highest BCUT2D eigenvalue weighted by Crippen LogP contribution is 2.31. The Balaban J connectivity index is 2.44. The Hall–Kier alpha value is -2.45. The molecule has 0 saturated heterocycles. The van der Waals surface area contributed by atoms with Gasteiger partial charge >= 0.3 is 0 Å². The van der Waals surface area contributed by atoms with Crippen LogP contribution in [0.3, 0.4) is 0 Å². The molecule has 0 atom stereocenters. The molecule has 0 unspecified atom stereocenters. The van der Waals surface area contributed by atoms with Gasteiger partial charge in [-0.2, -0.15) is 4.98 Å². The molecule has 1 aromatic heterocycles. The molecular formula is C17H19ClN4O. The van der Waals surface area contributed by atoms with Gasteiger partial charge in [0.25, 0.3) is 0 Å². The van der Waals surface area contributed by atoms with Crippen molar-refractivity contribution in [1.82, 2.24) is 9.97 Å². The van der Waals surface area contributed by atoms with Crippen LogP contribution in [0.4, 0.5) is 11.8 Å². The normalized spacial score (nSPS) is 10.8. The monoisotopic (exact) mass is 330 g/mol. The minimum Gasteiger partial charge on any atom is -0.495 e. The molecule has 2 rings (SSSR count). The second kappa shape index (κ2) is 6.35. The van der Waals surface area contributed by atoms with Crippen molar-refractivity contribution in [3.63, 3.8) is 0 Å². The third-order valence-corrected chi connectivity index (χ3v) is 3.82. The lowest BCUT2D eigenvalue weighted by Gasteiger charge is -2.19. The standard InChI is InChI=1S/C17H19ClN4O/c1-10-12(15(19)22-16(20)21-10)7-8-17(2,3)11-5-6-13(18)14(9-11)23-4/h5-6,9H,1-4H3,(H4,19,20,21,22). The van der Waals surface area contributed by atoms with E-state index in [1.807, 2.05) is 26.0 Å². The Morgan fingerprint density at radius 2 is 1.91 bits per heavy atom. The van der Waals surface area contributed by atoms with Gasteiger partial charge in [0.05, 0.1) is 28.8 Å². The number of nitrogen functional groups attached to an aromatic ring is 2. The summed E-state index contributed by atoms with van der Waals surface area (Å²) in [5.74, 6) is 7.33. The van der Waals surface area contributed by atoms with Crippen molar-refractivity contribution in [3.05, 3.63) is 40.0 Å². The average Bonchev–Trinajstić information content (AvgIpc) is 2.46. The molecule has 0 saturated carbocycles. The van der Waals surface area contributed by atoms with Gasteiger partial charge in [-0.25, -0.2) is 4.98 Å². The van der Waals surface area contributed by atoms with Gasteiger partial charge in [-0.1, -0.05) is 29.5 Å². The van der Waals surface area contributed by atoms with Crippen LogP contribution in [0, 0.1) is 18.8 Å². The smallest absolute Gasteiger partial charge is 0.222 e. The number of hydrogen-bond acceptors (Lipinski definition) is 5. The number of methoxy groups -OCH3 is 1. The molecule has 0 spiro atoms. The number of ether oxygens (including phenoxy) is 1. The van der Waals surface area contributed by atoms with Crippen LogP contribution in [-0.2, 0) is 5.41 Å². The number of aryl methyl sites for hydroxylation is 1. The van der Waals surface area contributed by atoms with Crippen molar-refractivity contribution >= 4 is 23.4 Å². The molecule has 0 bridgehead atoms. The summed E-state index contributed by atoms with van der Waals surface area (Å²) in [5, 5.41) is 0.562. The summed E-state index contributed by atoms with van der Waals surface area (Å²) in [6, 6.07) is 5.60. The zero-order valence-electron chi connectivity index (χ0n) is 13.6. The molecular weight excluding hydrogens is 312 g/mol. The summed E-state index contributed by atoms with van der Waals surface area (Å²) in [6.07, 6.45) is 0. The second-order valence-corrected chi connectivity index (χ2v) is 6.06. The average molecular weight is 331 g/mol. The quantitative estimate of drug-likeness (QED) is 0.827. The van der Waals surface area contributed by atoms with Gasteiger partial charge in [0.1, 0.15) is 11.6 Å². The van der Waals surface area contributed by atoms with Crippen molar-refractivity contribution in [3.8, 4) is 17.6 Å². The third-order valence-electron chi connectivity index (χ3n) is 3.51. The van der Waals surface area contributed by atoms with E-state index < -0.39 is 5.41 Å². The number of hydrogen-bond donors (Lipinski definition) is 2. The van der Waals surface area contributed by atoms with Gasteiger partial charge < -0.3 is 16.2 Å². The van der Waals surface area contributed by atoms with Crippen LogP contribution in [-0.4, -0.2) is 17.1 Å². The maximum atomic E-state index is 6.07. The molecule has 0 fully saturated rings. The Morgan fingerprint density at radius 3 is 2.52 bits per heavy atom. The SMILES string of the molecule is COc1cc(C(C)(C)C#Cc2c(C)nc(N)nc2N)ccc1Cl. The van der Waals surface area contributed by atoms with Crippen molar-refractivity contribution in [2.45, 2.75) is 26.2 Å². The van der Waals surface area contributed by atoms with Crippen LogP contribution in [0.5, 0.6) is 5.75 Å². The van der Waals surface area contributed by atoms with Gasteiger partial charge in [-0.15, -0.1) is 0 Å². The molecule has 0 aliphatic rings. The maximum Gasteiger partial charge on any atom is 0.222 e. The zero-order valence-corrected chi connectivity index (χ0v) is 14.3. The molecule has 2 aromatic rings. The molecule has 23 heavy (non-hydrogen) atoms. The first-order valence-corrected chi connectivity index (χ1v) is 7.39. The first-order chi connectivity index (χ1) is 10.7. The van der Waals surface area contributed by atoms with Gasteiger partial charge in [-0.3, -0.25) is 0 Å². The van der Waals surface area contributed by atoms with E-state index in [-0.39, 0.29) is 11.8 Å². The number of aromatic nitrogens is 2. The lowest BCUT2D eigenvalue weighted by Crippen LogP contribution is -2.14. The molecule has 120 valence electrons. The number of rotatable bonds is 2. The molecule has 0 aliphatic heterocycles.